The average molecular weight is 436 g/mol. The highest BCUT2D eigenvalue weighted by molar-refractivity contribution is 7.71. The molecule has 28 heavy (non-hydrogen) atoms. The molecule has 0 fully saturated rings. The van der Waals surface area contributed by atoms with Crippen LogP contribution in [0.1, 0.15) is 0 Å². The Balaban J connectivity index is 1.60. The van der Waals surface area contributed by atoms with Crippen LogP contribution in [0.25, 0.3) is 11.4 Å². The van der Waals surface area contributed by atoms with Gasteiger partial charge in [0.05, 0.1) is 6.54 Å². The van der Waals surface area contributed by atoms with Crippen molar-refractivity contribution in [3.63, 3.8) is 0 Å². The molecule has 0 saturated carbocycles. The van der Waals surface area contributed by atoms with Gasteiger partial charge in [0, 0.05) is 21.3 Å². The molecule has 1 heterocycles. The lowest BCUT2D eigenvalue weighted by Crippen LogP contribution is -2.35. The maximum absolute atomic E-state index is 12.3. The molecule has 0 saturated heterocycles. The van der Waals surface area contributed by atoms with Crippen molar-refractivity contribution < 1.29 is 9.59 Å². The summed E-state index contributed by atoms with van der Waals surface area (Å²) in [4.78, 5) is 24.2. The van der Waals surface area contributed by atoms with E-state index < -0.39 is 0 Å². The first-order chi connectivity index (χ1) is 13.4. The van der Waals surface area contributed by atoms with Crippen LogP contribution in [-0.4, -0.2) is 33.1 Å². The summed E-state index contributed by atoms with van der Waals surface area (Å²) in [5.74, 6) is -0.231. The van der Waals surface area contributed by atoms with E-state index in [4.69, 9.17) is 35.4 Å². The fourth-order valence-electron chi connectivity index (χ4n) is 2.40. The standard InChI is InChI=1S/C18H15Cl2N5O2S/c19-12-3-1-11(2-4-12)17-23-24-18(28)25(17)10-16(27)21-9-15(26)22-14-7-5-13(20)6-8-14/h1-8H,9-10H2,(H,21,27)(H,22,26)(H,24,28). The molecule has 0 atom stereocenters. The third-order valence-corrected chi connectivity index (χ3v) is 4.55. The van der Waals surface area contributed by atoms with Crippen LogP contribution >= 0.6 is 35.4 Å². The Morgan fingerprint density at radius 3 is 2.25 bits per heavy atom. The predicted molar refractivity (Wildman–Crippen MR) is 111 cm³/mol. The van der Waals surface area contributed by atoms with Crippen LogP contribution in [0, 0.1) is 4.77 Å². The van der Waals surface area contributed by atoms with Crippen molar-refractivity contribution in [2.75, 3.05) is 11.9 Å². The summed E-state index contributed by atoms with van der Waals surface area (Å²) in [6.45, 7) is -0.259. The van der Waals surface area contributed by atoms with Crippen molar-refractivity contribution in [3.05, 3.63) is 63.3 Å². The fraction of sp³-hybridized carbons (Fsp3) is 0.111. The van der Waals surface area contributed by atoms with Crippen molar-refractivity contribution in [2.24, 2.45) is 0 Å². The zero-order valence-electron chi connectivity index (χ0n) is 14.4. The minimum atomic E-state index is -0.376. The molecular weight excluding hydrogens is 421 g/mol. The first-order valence-electron chi connectivity index (χ1n) is 8.15. The Labute approximate surface area is 175 Å². The van der Waals surface area contributed by atoms with Gasteiger partial charge in [-0.05, 0) is 60.7 Å². The molecular formula is C18H15Cl2N5O2S. The maximum atomic E-state index is 12.3. The van der Waals surface area contributed by atoms with Gasteiger partial charge in [-0.2, -0.15) is 5.10 Å². The molecule has 0 aliphatic rings. The van der Waals surface area contributed by atoms with Crippen molar-refractivity contribution in [3.8, 4) is 11.4 Å². The summed E-state index contributed by atoms with van der Waals surface area (Å²) in [5, 5.41) is 13.2. The average Bonchev–Trinajstić information content (AvgIpc) is 3.03. The summed E-state index contributed by atoms with van der Waals surface area (Å²) in [6, 6.07) is 13.7. The minimum absolute atomic E-state index is 0.0818. The second kappa shape index (κ2) is 9.01. The topological polar surface area (TPSA) is 91.8 Å². The van der Waals surface area contributed by atoms with Gasteiger partial charge in [0.2, 0.25) is 11.8 Å². The highest BCUT2D eigenvalue weighted by Gasteiger charge is 2.13. The summed E-state index contributed by atoms with van der Waals surface area (Å²) >= 11 is 16.9. The SMILES string of the molecule is O=C(Cn1c(-c2ccc(Cl)cc2)n[nH]c1=S)NCC(=O)Nc1ccc(Cl)cc1. The Kier molecular flexibility index (Phi) is 6.45. The number of aromatic nitrogens is 3. The van der Waals surface area contributed by atoms with Crippen molar-refractivity contribution in [1.29, 1.82) is 0 Å². The van der Waals surface area contributed by atoms with E-state index in [1.165, 1.54) is 0 Å². The van der Waals surface area contributed by atoms with Gasteiger partial charge in [-0.15, -0.1) is 0 Å². The largest absolute Gasteiger partial charge is 0.345 e. The number of hydrogen-bond donors (Lipinski definition) is 3. The first kappa shape index (κ1) is 20.1. The Bertz CT molecular complexity index is 1050. The van der Waals surface area contributed by atoms with Crippen LogP contribution in [0.5, 0.6) is 0 Å². The van der Waals surface area contributed by atoms with E-state index in [9.17, 15) is 9.59 Å². The second-order valence-electron chi connectivity index (χ2n) is 5.78. The highest BCUT2D eigenvalue weighted by Crippen LogP contribution is 2.19. The number of H-pyrrole nitrogens is 1. The molecule has 2 aromatic carbocycles. The Morgan fingerprint density at radius 1 is 1.00 bits per heavy atom. The third kappa shape index (κ3) is 5.19. The van der Waals surface area contributed by atoms with Gasteiger partial charge in [0.25, 0.3) is 0 Å². The molecule has 3 rings (SSSR count). The number of halogens is 2. The zero-order valence-corrected chi connectivity index (χ0v) is 16.7. The van der Waals surface area contributed by atoms with Crippen LogP contribution in [0.15, 0.2) is 48.5 Å². The summed E-state index contributed by atoms with van der Waals surface area (Å²) < 4.78 is 1.84. The lowest BCUT2D eigenvalue weighted by atomic mass is 10.2. The van der Waals surface area contributed by atoms with Crippen LogP contribution in [0.3, 0.4) is 0 Å². The molecule has 10 heteroatoms. The van der Waals surface area contributed by atoms with E-state index in [0.717, 1.165) is 5.56 Å². The minimum Gasteiger partial charge on any atom is -0.345 e. The molecule has 0 spiro atoms. The molecule has 144 valence electrons. The molecule has 1 aromatic heterocycles. The van der Waals surface area contributed by atoms with Crippen LogP contribution in [-0.2, 0) is 16.1 Å². The predicted octanol–water partition coefficient (Wildman–Crippen LogP) is 3.67. The number of rotatable bonds is 6. The molecule has 2 amide bonds. The molecule has 0 aliphatic heterocycles. The summed E-state index contributed by atoms with van der Waals surface area (Å²) in [5.41, 5.74) is 1.34. The summed E-state index contributed by atoms with van der Waals surface area (Å²) in [6.07, 6.45) is 0. The van der Waals surface area contributed by atoms with E-state index in [0.29, 0.717) is 26.3 Å². The van der Waals surface area contributed by atoms with E-state index in [2.05, 4.69) is 20.8 Å². The van der Waals surface area contributed by atoms with Crippen LogP contribution in [0.2, 0.25) is 10.0 Å². The van der Waals surface area contributed by atoms with Crippen molar-refractivity contribution in [1.82, 2.24) is 20.1 Å². The van der Waals surface area contributed by atoms with Gasteiger partial charge in [-0.1, -0.05) is 23.2 Å². The van der Waals surface area contributed by atoms with Crippen molar-refractivity contribution >= 4 is 52.9 Å². The second-order valence-corrected chi connectivity index (χ2v) is 7.04. The smallest absolute Gasteiger partial charge is 0.243 e. The lowest BCUT2D eigenvalue weighted by Gasteiger charge is -2.09. The van der Waals surface area contributed by atoms with Crippen LogP contribution < -0.4 is 10.6 Å². The number of anilines is 1. The Morgan fingerprint density at radius 2 is 1.61 bits per heavy atom. The fourth-order valence-corrected chi connectivity index (χ4v) is 2.85. The van der Waals surface area contributed by atoms with Gasteiger partial charge in [0.15, 0.2) is 10.6 Å². The maximum Gasteiger partial charge on any atom is 0.243 e. The first-order valence-corrected chi connectivity index (χ1v) is 9.32. The Hall–Kier alpha value is -2.68. The molecule has 3 N–H and O–H groups in total. The molecule has 7 nitrogen and oxygen atoms in total. The number of aromatic amines is 1. The number of hydrogen-bond acceptors (Lipinski definition) is 4. The number of carbonyl (C=O) groups excluding carboxylic acids is 2. The molecule has 0 bridgehead atoms. The number of amides is 2. The third-order valence-electron chi connectivity index (χ3n) is 3.74. The lowest BCUT2D eigenvalue weighted by molar-refractivity contribution is -0.124. The highest BCUT2D eigenvalue weighted by atomic mass is 35.5. The van der Waals surface area contributed by atoms with Crippen molar-refractivity contribution in [2.45, 2.75) is 6.54 Å². The number of carbonyl (C=O) groups is 2. The van der Waals surface area contributed by atoms with Crippen LogP contribution in [0.4, 0.5) is 5.69 Å². The molecule has 0 unspecified atom stereocenters. The van der Waals surface area contributed by atoms with Gasteiger partial charge in [0.1, 0.15) is 6.54 Å². The molecule has 0 radical (unpaired) electrons. The number of nitrogens with zero attached hydrogens (tertiary/aromatic N) is 2. The number of nitrogens with one attached hydrogen (secondary N) is 3. The van der Waals surface area contributed by atoms with Gasteiger partial charge in [-0.3, -0.25) is 19.3 Å². The van der Waals surface area contributed by atoms with E-state index in [1.807, 2.05) is 0 Å². The number of benzene rings is 2. The monoisotopic (exact) mass is 435 g/mol. The van der Waals surface area contributed by atoms with Gasteiger partial charge >= 0.3 is 0 Å². The molecule has 0 aliphatic carbocycles. The van der Waals surface area contributed by atoms with E-state index in [1.54, 1.807) is 53.1 Å². The van der Waals surface area contributed by atoms with Gasteiger partial charge in [-0.25, -0.2) is 0 Å². The zero-order chi connectivity index (χ0) is 20.1. The van der Waals surface area contributed by atoms with E-state index >= 15 is 0 Å². The van der Waals surface area contributed by atoms with E-state index in [-0.39, 0.29) is 24.9 Å². The quantitative estimate of drug-likeness (QED) is 0.515. The van der Waals surface area contributed by atoms with Gasteiger partial charge < -0.3 is 10.6 Å². The normalized spacial score (nSPS) is 10.5. The summed E-state index contributed by atoms with van der Waals surface area (Å²) in [7, 11) is 0. The molecule has 3 aromatic rings.